The van der Waals surface area contributed by atoms with Crippen molar-refractivity contribution in [2.24, 2.45) is 0 Å². The van der Waals surface area contributed by atoms with Crippen molar-refractivity contribution in [2.45, 2.75) is 13.0 Å². The molecule has 0 spiro atoms. The van der Waals surface area contributed by atoms with Gasteiger partial charge in [0.05, 0.1) is 16.8 Å². The molecule has 3 aromatic rings. The monoisotopic (exact) mass is 340 g/mol. The van der Waals surface area contributed by atoms with Gasteiger partial charge >= 0.3 is 0 Å². The number of nitrogens with one attached hydrogen (secondary N) is 2. The molecule has 0 aliphatic carbocycles. The Hall–Kier alpha value is -2.10. The fourth-order valence-electron chi connectivity index (χ4n) is 2.62. The fourth-order valence-corrected chi connectivity index (χ4v) is 3.09. The average Bonchev–Trinajstić information content (AvgIpc) is 2.56. The van der Waals surface area contributed by atoms with Crippen molar-refractivity contribution in [1.82, 2.24) is 5.32 Å². The topological polar surface area (TPSA) is 24.1 Å². The zero-order chi connectivity index (χ0) is 16.2. The van der Waals surface area contributed by atoms with Gasteiger partial charge in [-0.05, 0) is 47.6 Å². The Morgan fingerprint density at radius 1 is 0.957 bits per heavy atom. The Kier molecular flexibility index (Phi) is 4.79. The van der Waals surface area contributed by atoms with E-state index < -0.39 is 0 Å². The number of benzene rings is 3. The third-order valence-electron chi connectivity index (χ3n) is 3.76. The first-order valence-electron chi connectivity index (χ1n) is 7.45. The average molecular weight is 341 g/mol. The molecule has 0 heterocycles. The number of thiocarbonyl (C=S) groups is 1. The number of para-hydroxylation sites is 1. The van der Waals surface area contributed by atoms with Gasteiger partial charge in [-0.2, -0.15) is 0 Å². The number of hydrogen-bond acceptors (Lipinski definition) is 1. The summed E-state index contributed by atoms with van der Waals surface area (Å²) in [6, 6.07) is 22.3. The highest BCUT2D eigenvalue weighted by atomic mass is 35.5. The number of fused-ring (bicyclic) bond motifs is 1. The van der Waals surface area contributed by atoms with Crippen molar-refractivity contribution in [3.63, 3.8) is 0 Å². The van der Waals surface area contributed by atoms with Gasteiger partial charge in [0.2, 0.25) is 0 Å². The van der Waals surface area contributed by atoms with E-state index in [0.717, 1.165) is 5.69 Å². The summed E-state index contributed by atoms with van der Waals surface area (Å²) >= 11 is 11.6. The van der Waals surface area contributed by atoms with Gasteiger partial charge in [-0.1, -0.05) is 66.2 Å². The van der Waals surface area contributed by atoms with Crippen molar-refractivity contribution < 1.29 is 0 Å². The van der Waals surface area contributed by atoms with E-state index in [1.54, 1.807) is 0 Å². The Morgan fingerprint density at radius 2 is 1.65 bits per heavy atom. The highest BCUT2D eigenvalue weighted by Gasteiger charge is 2.11. The van der Waals surface area contributed by atoms with Crippen LogP contribution in [0.5, 0.6) is 0 Å². The van der Waals surface area contributed by atoms with Crippen molar-refractivity contribution in [1.29, 1.82) is 0 Å². The standard InChI is InChI=1S/C19H17ClN2S/c1-13(15-10-6-8-14-7-2-3-9-16(14)15)21-19(23)22-18-12-5-4-11-17(18)20/h2-13H,1H3,(H2,21,22,23)/t13-/m0/s1. The summed E-state index contributed by atoms with van der Waals surface area (Å²) in [5, 5.41) is 10.1. The summed E-state index contributed by atoms with van der Waals surface area (Å²) in [5.74, 6) is 0. The van der Waals surface area contributed by atoms with Crippen LogP contribution in [0.2, 0.25) is 5.02 Å². The first-order chi connectivity index (χ1) is 11.1. The van der Waals surface area contributed by atoms with Crippen molar-refractivity contribution in [3.8, 4) is 0 Å². The molecule has 0 aromatic heterocycles. The molecule has 3 aromatic carbocycles. The number of rotatable bonds is 3. The summed E-state index contributed by atoms with van der Waals surface area (Å²) in [7, 11) is 0. The largest absolute Gasteiger partial charge is 0.356 e. The zero-order valence-corrected chi connectivity index (χ0v) is 14.3. The maximum atomic E-state index is 6.15. The van der Waals surface area contributed by atoms with Gasteiger partial charge in [0, 0.05) is 0 Å². The third-order valence-corrected chi connectivity index (χ3v) is 4.31. The van der Waals surface area contributed by atoms with Gasteiger partial charge in [-0.25, -0.2) is 0 Å². The van der Waals surface area contributed by atoms with Gasteiger partial charge in [0.25, 0.3) is 0 Å². The van der Waals surface area contributed by atoms with Gasteiger partial charge in [-0.3, -0.25) is 0 Å². The van der Waals surface area contributed by atoms with Gasteiger partial charge in [0.1, 0.15) is 0 Å². The smallest absolute Gasteiger partial charge is 0.171 e. The molecule has 0 saturated heterocycles. The highest BCUT2D eigenvalue weighted by molar-refractivity contribution is 7.80. The van der Waals surface area contributed by atoms with Gasteiger partial charge in [-0.15, -0.1) is 0 Å². The Bertz CT molecular complexity index is 842. The second-order valence-electron chi connectivity index (χ2n) is 5.37. The minimum atomic E-state index is 0.0867. The molecule has 116 valence electrons. The molecular weight excluding hydrogens is 324 g/mol. The second kappa shape index (κ2) is 6.99. The number of hydrogen-bond donors (Lipinski definition) is 2. The van der Waals surface area contributed by atoms with E-state index in [0.29, 0.717) is 10.1 Å². The van der Waals surface area contributed by atoms with E-state index in [9.17, 15) is 0 Å². The molecule has 4 heteroatoms. The first-order valence-corrected chi connectivity index (χ1v) is 8.23. The molecular formula is C19H17ClN2S. The van der Waals surface area contributed by atoms with Crippen LogP contribution in [0.1, 0.15) is 18.5 Å². The molecule has 2 N–H and O–H groups in total. The highest BCUT2D eigenvalue weighted by Crippen LogP contribution is 2.25. The number of anilines is 1. The predicted molar refractivity (Wildman–Crippen MR) is 103 cm³/mol. The summed E-state index contributed by atoms with van der Waals surface area (Å²) in [6.07, 6.45) is 0. The molecule has 0 amide bonds. The van der Waals surface area contributed by atoms with Crippen LogP contribution in [-0.4, -0.2) is 5.11 Å². The molecule has 1 atom stereocenters. The van der Waals surface area contributed by atoms with E-state index in [4.69, 9.17) is 23.8 Å². The van der Waals surface area contributed by atoms with Crippen LogP contribution in [0.15, 0.2) is 66.7 Å². The molecule has 0 bridgehead atoms. The zero-order valence-electron chi connectivity index (χ0n) is 12.7. The van der Waals surface area contributed by atoms with Crippen LogP contribution in [0, 0.1) is 0 Å². The van der Waals surface area contributed by atoms with E-state index in [-0.39, 0.29) is 6.04 Å². The fraction of sp³-hybridized carbons (Fsp3) is 0.105. The lowest BCUT2D eigenvalue weighted by Crippen LogP contribution is -2.31. The molecule has 3 rings (SSSR count). The minimum absolute atomic E-state index is 0.0867. The predicted octanol–water partition coefficient (Wildman–Crippen LogP) is 5.54. The molecule has 23 heavy (non-hydrogen) atoms. The third kappa shape index (κ3) is 3.63. The van der Waals surface area contributed by atoms with Crippen LogP contribution < -0.4 is 10.6 Å². The van der Waals surface area contributed by atoms with Crippen LogP contribution >= 0.6 is 23.8 Å². The SMILES string of the molecule is C[C@H](NC(=S)Nc1ccccc1Cl)c1cccc2ccccc12. The maximum absolute atomic E-state index is 6.15. The summed E-state index contributed by atoms with van der Waals surface area (Å²) in [6.45, 7) is 2.10. The Labute approximate surface area is 146 Å². The normalized spacial score (nSPS) is 11.9. The molecule has 0 fully saturated rings. The van der Waals surface area contributed by atoms with E-state index in [1.807, 2.05) is 30.3 Å². The first kappa shape index (κ1) is 15.8. The molecule has 0 radical (unpaired) electrons. The van der Waals surface area contributed by atoms with Gasteiger partial charge in [0.15, 0.2) is 5.11 Å². The lowest BCUT2D eigenvalue weighted by Gasteiger charge is -2.19. The quantitative estimate of drug-likeness (QED) is 0.612. The Balaban J connectivity index is 1.77. The molecule has 0 unspecified atom stereocenters. The van der Waals surface area contributed by atoms with Crippen molar-refractivity contribution in [2.75, 3.05) is 5.32 Å². The molecule has 0 saturated carbocycles. The lowest BCUT2D eigenvalue weighted by molar-refractivity contribution is 0.729. The molecule has 0 aliphatic rings. The molecule has 0 aliphatic heterocycles. The van der Waals surface area contributed by atoms with Gasteiger partial charge < -0.3 is 10.6 Å². The van der Waals surface area contributed by atoms with Crippen molar-refractivity contribution >= 4 is 45.4 Å². The lowest BCUT2D eigenvalue weighted by atomic mass is 10.00. The van der Waals surface area contributed by atoms with Crippen LogP contribution in [0.4, 0.5) is 5.69 Å². The van der Waals surface area contributed by atoms with E-state index >= 15 is 0 Å². The van der Waals surface area contributed by atoms with E-state index in [1.165, 1.54) is 16.3 Å². The Morgan fingerprint density at radius 3 is 2.48 bits per heavy atom. The summed E-state index contributed by atoms with van der Waals surface area (Å²) in [5.41, 5.74) is 2.02. The molecule has 2 nitrogen and oxygen atoms in total. The number of halogens is 1. The van der Waals surface area contributed by atoms with E-state index in [2.05, 4.69) is 54.0 Å². The summed E-state index contributed by atoms with van der Waals surface area (Å²) < 4.78 is 0. The second-order valence-corrected chi connectivity index (χ2v) is 6.18. The van der Waals surface area contributed by atoms with Crippen LogP contribution in [-0.2, 0) is 0 Å². The minimum Gasteiger partial charge on any atom is -0.356 e. The maximum Gasteiger partial charge on any atom is 0.171 e. The van der Waals surface area contributed by atoms with Crippen molar-refractivity contribution in [3.05, 3.63) is 77.3 Å². The van der Waals surface area contributed by atoms with Crippen LogP contribution in [0.3, 0.4) is 0 Å². The summed E-state index contributed by atoms with van der Waals surface area (Å²) in [4.78, 5) is 0. The van der Waals surface area contributed by atoms with Crippen LogP contribution in [0.25, 0.3) is 10.8 Å².